The van der Waals surface area contributed by atoms with Gasteiger partial charge < -0.3 is 15.5 Å². The molecule has 0 unspecified atom stereocenters. The van der Waals surface area contributed by atoms with Crippen LogP contribution in [0.25, 0.3) is 0 Å². The number of hydrogen-bond acceptors (Lipinski definition) is 4. The lowest BCUT2D eigenvalue weighted by Gasteiger charge is -2.12. The standard InChI is InChI=1S/C18H24N4O/c1-4-14-7-5-6-8-16(14)21-17-13-15(9-10-19-17)18(23)20-11-12-22(2)3/h5-10,13H,4,11-12H2,1-3H3,(H,19,21)(H,20,23). The van der Waals surface area contributed by atoms with E-state index in [1.807, 2.05) is 37.2 Å². The molecule has 5 nitrogen and oxygen atoms in total. The Hall–Kier alpha value is -2.40. The van der Waals surface area contributed by atoms with Crippen molar-refractivity contribution in [1.82, 2.24) is 15.2 Å². The van der Waals surface area contributed by atoms with Crippen molar-refractivity contribution in [3.63, 3.8) is 0 Å². The second-order valence-electron chi connectivity index (χ2n) is 5.62. The van der Waals surface area contributed by atoms with E-state index in [1.54, 1.807) is 18.3 Å². The maximum atomic E-state index is 12.2. The van der Waals surface area contributed by atoms with Crippen molar-refractivity contribution in [3.05, 3.63) is 53.7 Å². The molecule has 1 amide bonds. The molecule has 2 aromatic rings. The summed E-state index contributed by atoms with van der Waals surface area (Å²) in [5.41, 5.74) is 2.85. The molecule has 0 aliphatic rings. The predicted molar refractivity (Wildman–Crippen MR) is 94.2 cm³/mol. The maximum Gasteiger partial charge on any atom is 0.251 e. The van der Waals surface area contributed by atoms with Crippen LogP contribution < -0.4 is 10.6 Å². The van der Waals surface area contributed by atoms with Crippen molar-refractivity contribution >= 4 is 17.4 Å². The van der Waals surface area contributed by atoms with Gasteiger partial charge in [0.1, 0.15) is 5.82 Å². The van der Waals surface area contributed by atoms with Crippen LogP contribution in [-0.4, -0.2) is 43.0 Å². The second-order valence-corrected chi connectivity index (χ2v) is 5.62. The quantitative estimate of drug-likeness (QED) is 0.825. The van der Waals surface area contributed by atoms with Crippen LogP contribution in [0.1, 0.15) is 22.8 Å². The second kappa shape index (κ2) is 8.29. The highest BCUT2D eigenvalue weighted by molar-refractivity contribution is 5.94. The van der Waals surface area contributed by atoms with Gasteiger partial charge in [-0.3, -0.25) is 4.79 Å². The fourth-order valence-electron chi connectivity index (χ4n) is 2.22. The number of anilines is 2. The zero-order chi connectivity index (χ0) is 16.7. The number of aromatic nitrogens is 1. The van der Waals surface area contributed by atoms with E-state index in [0.29, 0.717) is 17.9 Å². The number of nitrogens with one attached hydrogen (secondary N) is 2. The number of carbonyl (C=O) groups excluding carboxylic acids is 1. The van der Waals surface area contributed by atoms with Gasteiger partial charge in [-0.05, 0) is 44.3 Å². The molecule has 0 fully saturated rings. The van der Waals surface area contributed by atoms with Gasteiger partial charge in [-0.25, -0.2) is 4.98 Å². The number of para-hydroxylation sites is 1. The maximum absolute atomic E-state index is 12.2. The molecule has 1 aromatic heterocycles. The van der Waals surface area contributed by atoms with Gasteiger partial charge in [-0.2, -0.15) is 0 Å². The molecule has 1 heterocycles. The first-order chi connectivity index (χ1) is 11.1. The zero-order valence-corrected chi connectivity index (χ0v) is 14.0. The molecule has 5 heteroatoms. The number of likely N-dealkylation sites (N-methyl/N-ethyl adjacent to an activating group) is 1. The predicted octanol–water partition coefficient (Wildman–Crippen LogP) is 2.68. The third-order valence-corrected chi connectivity index (χ3v) is 3.53. The molecular formula is C18H24N4O. The summed E-state index contributed by atoms with van der Waals surface area (Å²) in [6.07, 6.45) is 2.59. The van der Waals surface area contributed by atoms with Crippen LogP contribution in [0.5, 0.6) is 0 Å². The SMILES string of the molecule is CCc1ccccc1Nc1cc(C(=O)NCCN(C)C)ccn1. The number of rotatable bonds is 7. The Labute approximate surface area is 137 Å². The molecule has 122 valence electrons. The Bertz CT molecular complexity index is 655. The molecule has 1 aromatic carbocycles. The Morgan fingerprint density at radius 3 is 2.74 bits per heavy atom. The summed E-state index contributed by atoms with van der Waals surface area (Å²) in [6.45, 7) is 3.55. The van der Waals surface area contributed by atoms with E-state index in [4.69, 9.17) is 0 Å². The normalized spacial score (nSPS) is 10.6. The molecule has 2 N–H and O–H groups in total. The van der Waals surface area contributed by atoms with Gasteiger partial charge in [0.25, 0.3) is 5.91 Å². The summed E-state index contributed by atoms with van der Waals surface area (Å²) in [5, 5.41) is 6.20. The average Bonchev–Trinajstić information content (AvgIpc) is 2.55. The van der Waals surface area contributed by atoms with E-state index in [1.165, 1.54) is 5.56 Å². The molecular weight excluding hydrogens is 288 g/mol. The van der Waals surface area contributed by atoms with Crippen molar-refractivity contribution in [2.24, 2.45) is 0 Å². The number of carbonyl (C=O) groups is 1. The Morgan fingerprint density at radius 1 is 1.22 bits per heavy atom. The minimum atomic E-state index is -0.0823. The number of pyridine rings is 1. The van der Waals surface area contributed by atoms with Crippen molar-refractivity contribution in [2.75, 3.05) is 32.5 Å². The number of nitrogens with zero attached hydrogens (tertiary/aromatic N) is 2. The number of aryl methyl sites for hydroxylation is 1. The lowest BCUT2D eigenvalue weighted by Crippen LogP contribution is -2.31. The highest BCUT2D eigenvalue weighted by Crippen LogP contribution is 2.20. The van der Waals surface area contributed by atoms with Gasteiger partial charge in [-0.15, -0.1) is 0 Å². The van der Waals surface area contributed by atoms with Crippen molar-refractivity contribution in [1.29, 1.82) is 0 Å². The van der Waals surface area contributed by atoms with E-state index < -0.39 is 0 Å². The zero-order valence-electron chi connectivity index (χ0n) is 14.0. The minimum absolute atomic E-state index is 0.0823. The van der Waals surface area contributed by atoms with E-state index in [2.05, 4.69) is 28.6 Å². The summed E-state index contributed by atoms with van der Waals surface area (Å²) in [6, 6.07) is 11.6. The lowest BCUT2D eigenvalue weighted by atomic mass is 10.1. The van der Waals surface area contributed by atoms with Gasteiger partial charge >= 0.3 is 0 Å². The monoisotopic (exact) mass is 312 g/mol. The van der Waals surface area contributed by atoms with Crippen LogP contribution in [0.2, 0.25) is 0 Å². The van der Waals surface area contributed by atoms with Gasteiger partial charge in [0.2, 0.25) is 0 Å². The molecule has 0 aliphatic heterocycles. The molecule has 0 atom stereocenters. The van der Waals surface area contributed by atoms with Crippen molar-refractivity contribution < 1.29 is 4.79 Å². The van der Waals surface area contributed by atoms with E-state index in [9.17, 15) is 4.79 Å². The van der Waals surface area contributed by atoms with Crippen LogP contribution in [0.4, 0.5) is 11.5 Å². The van der Waals surface area contributed by atoms with Gasteiger partial charge in [0, 0.05) is 30.5 Å². The minimum Gasteiger partial charge on any atom is -0.351 e. The molecule has 2 rings (SSSR count). The molecule has 0 aliphatic carbocycles. The highest BCUT2D eigenvalue weighted by atomic mass is 16.1. The lowest BCUT2D eigenvalue weighted by molar-refractivity contribution is 0.0951. The first-order valence-corrected chi connectivity index (χ1v) is 7.84. The molecule has 0 saturated carbocycles. The largest absolute Gasteiger partial charge is 0.351 e. The van der Waals surface area contributed by atoms with E-state index in [0.717, 1.165) is 18.7 Å². The summed E-state index contributed by atoms with van der Waals surface area (Å²) in [7, 11) is 3.96. The summed E-state index contributed by atoms with van der Waals surface area (Å²) in [4.78, 5) is 18.5. The topological polar surface area (TPSA) is 57.3 Å². The Balaban J connectivity index is 2.06. The van der Waals surface area contributed by atoms with E-state index >= 15 is 0 Å². The summed E-state index contributed by atoms with van der Waals surface area (Å²) >= 11 is 0. The number of hydrogen-bond donors (Lipinski definition) is 2. The Morgan fingerprint density at radius 2 is 2.00 bits per heavy atom. The third-order valence-electron chi connectivity index (χ3n) is 3.53. The molecule has 0 radical (unpaired) electrons. The first-order valence-electron chi connectivity index (χ1n) is 7.84. The third kappa shape index (κ3) is 5.07. The molecule has 0 bridgehead atoms. The van der Waals surface area contributed by atoms with Crippen LogP contribution in [-0.2, 0) is 6.42 Å². The average molecular weight is 312 g/mol. The number of amides is 1. The van der Waals surface area contributed by atoms with Gasteiger partial charge in [0.05, 0.1) is 0 Å². The molecule has 23 heavy (non-hydrogen) atoms. The van der Waals surface area contributed by atoms with Gasteiger partial charge in [0.15, 0.2) is 0 Å². The first kappa shape index (κ1) is 17.0. The fourth-order valence-corrected chi connectivity index (χ4v) is 2.22. The smallest absolute Gasteiger partial charge is 0.251 e. The Kier molecular flexibility index (Phi) is 6.11. The summed E-state index contributed by atoms with van der Waals surface area (Å²) in [5.74, 6) is 0.590. The fraction of sp³-hybridized carbons (Fsp3) is 0.333. The number of benzene rings is 1. The van der Waals surface area contributed by atoms with Crippen molar-refractivity contribution in [2.45, 2.75) is 13.3 Å². The van der Waals surface area contributed by atoms with Crippen LogP contribution >= 0.6 is 0 Å². The summed E-state index contributed by atoms with van der Waals surface area (Å²) < 4.78 is 0. The van der Waals surface area contributed by atoms with E-state index in [-0.39, 0.29) is 5.91 Å². The molecule has 0 saturated heterocycles. The van der Waals surface area contributed by atoms with Crippen LogP contribution in [0.15, 0.2) is 42.6 Å². The van der Waals surface area contributed by atoms with Gasteiger partial charge in [-0.1, -0.05) is 25.1 Å². The van der Waals surface area contributed by atoms with Crippen LogP contribution in [0.3, 0.4) is 0 Å². The van der Waals surface area contributed by atoms with Crippen LogP contribution in [0, 0.1) is 0 Å². The highest BCUT2D eigenvalue weighted by Gasteiger charge is 2.07. The van der Waals surface area contributed by atoms with Crippen molar-refractivity contribution in [3.8, 4) is 0 Å². The molecule has 0 spiro atoms.